The number of halogens is 2. The van der Waals surface area contributed by atoms with Crippen LogP contribution in [0.5, 0.6) is 11.5 Å². The van der Waals surface area contributed by atoms with Crippen LogP contribution < -0.4 is 9.47 Å². The smallest absolute Gasteiger partial charge is 0.387 e. The number of ketones is 1. The van der Waals surface area contributed by atoms with Crippen molar-refractivity contribution in [3.8, 4) is 22.9 Å². The van der Waals surface area contributed by atoms with Gasteiger partial charge in [-0.2, -0.15) is 8.78 Å². The molecule has 39 heavy (non-hydrogen) atoms. The van der Waals surface area contributed by atoms with E-state index in [-0.39, 0.29) is 11.5 Å². The maximum Gasteiger partial charge on any atom is 0.387 e. The maximum atomic E-state index is 13.7. The molecule has 0 amide bonds. The van der Waals surface area contributed by atoms with Gasteiger partial charge in [0.05, 0.1) is 23.4 Å². The summed E-state index contributed by atoms with van der Waals surface area (Å²) >= 11 is 1.41. The number of alkyl halides is 2. The first-order valence-corrected chi connectivity index (χ1v) is 13.2. The fourth-order valence-electron chi connectivity index (χ4n) is 4.68. The summed E-state index contributed by atoms with van der Waals surface area (Å²) in [6.07, 6.45) is 0. The summed E-state index contributed by atoms with van der Waals surface area (Å²) in [7, 11) is 1.63. The van der Waals surface area contributed by atoms with Crippen molar-refractivity contribution in [1.29, 1.82) is 0 Å². The van der Waals surface area contributed by atoms with Gasteiger partial charge in [0.2, 0.25) is 0 Å². The van der Waals surface area contributed by atoms with Crippen molar-refractivity contribution in [1.82, 2.24) is 14.1 Å². The highest BCUT2D eigenvalue weighted by Crippen LogP contribution is 2.33. The quantitative estimate of drug-likeness (QED) is 0.142. The van der Waals surface area contributed by atoms with Gasteiger partial charge in [-0.15, -0.1) is 0 Å². The number of carbonyl (C=O) groups excluding carboxylic acids is 1. The topological polar surface area (TPSA) is 58.3 Å². The Kier molecular flexibility index (Phi) is 7.43. The van der Waals surface area contributed by atoms with Crippen molar-refractivity contribution in [3.63, 3.8) is 0 Å². The van der Waals surface area contributed by atoms with E-state index in [0.717, 1.165) is 39.5 Å². The monoisotopic (exact) mass is 547 g/mol. The molecule has 5 rings (SSSR count). The highest BCUT2D eigenvalue weighted by Gasteiger charge is 2.25. The predicted octanol–water partition coefficient (Wildman–Crippen LogP) is 7.41. The van der Waals surface area contributed by atoms with Crippen molar-refractivity contribution in [2.45, 2.75) is 37.8 Å². The van der Waals surface area contributed by atoms with Crippen LogP contribution >= 0.6 is 11.8 Å². The van der Waals surface area contributed by atoms with Crippen LogP contribution in [0.4, 0.5) is 8.78 Å². The Hall–Kier alpha value is -4.11. The number of imidazole rings is 1. The molecule has 0 aliphatic carbocycles. The molecule has 3 aromatic carbocycles. The van der Waals surface area contributed by atoms with Gasteiger partial charge in [-0.3, -0.25) is 9.36 Å². The Morgan fingerprint density at radius 2 is 1.51 bits per heavy atom. The molecule has 0 fully saturated rings. The molecule has 9 heteroatoms. The van der Waals surface area contributed by atoms with Crippen LogP contribution in [-0.2, 0) is 0 Å². The molecule has 5 aromatic rings. The van der Waals surface area contributed by atoms with E-state index in [0.29, 0.717) is 10.7 Å². The second kappa shape index (κ2) is 10.9. The van der Waals surface area contributed by atoms with Crippen molar-refractivity contribution in [2.75, 3.05) is 7.11 Å². The fourth-order valence-corrected chi connectivity index (χ4v) is 5.69. The van der Waals surface area contributed by atoms with E-state index in [1.54, 1.807) is 19.2 Å². The van der Waals surface area contributed by atoms with Crippen LogP contribution in [0.15, 0.2) is 84.0 Å². The predicted molar refractivity (Wildman–Crippen MR) is 149 cm³/mol. The van der Waals surface area contributed by atoms with Gasteiger partial charge in [0.1, 0.15) is 11.5 Å². The number of aryl methyl sites for hydroxylation is 1. The van der Waals surface area contributed by atoms with Gasteiger partial charge in [-0.25, -0.2) is 4.98 Å². The minimum Gasteiger partial charge on any atom is -0.497 e. The molecule has 2 aromatic heterocycles. The molecule has 0 aliphatic rings. The lowest BCUT2D eigenvalue weighted by atomic mass is 10.1. The number of hydrogen-bond donors (Lipinski definition) is 0. The number of methoxy groups -OCH3 is 1. The van der Waals surface area contributed by atoms with Gasteiger partial charge >= 0.3 is 6.61 Å². The van der Waals surface area contributed by atoms with E-state index in [9.17, 15) is 13.6 Å². The Labute approximate surface area is 229 Å². The molecule has 2 heterocycles. The third-order valence-corrected chi connectivity index (χ3v) is 7.58. The first-order chi connectivity index (χ1) is 18.8. The summed E-state index contributed by atoms with van der Waals surface area (Å²) in [6, 6.07) is 23.8. The van der Waals surface area contributed by atoms with Crippen LogP contribution in [0, 0.1) is 13.8 Å². The molecule has 0 radical (unpaired) electrons. The van der Waals surface area contributed by atoms with Crippen molar-refractivity contribution < 1.29 is 23.0 Å². The lowest BCUT2D eigenvalue weighted by Crippen LogP contribution is -2.15. The average molecular weight is 548 g/mol. The molecule has 0 spiro atoms. The lowest BCUT2D eigenvalue weighted by molar-refractivity contribution is -0.0498. The van der Waals surface area contributed by atoms with E-state index in [1.807, 2.05) is 79.9 Å². The van der Waals surface area contributed by atoms with Crippen LogP contribution in [-0.4, -0.2) is 38.9 Å². The normalized spacial score (nSPS) is 12.2. The molecule has 0 bridgehead atoms. The standard InChI is InChI=1S/C30H27F2N3O3S/c1-18-17-25(19(2)34(18)21-11-15-24(16-12-21)38-29(31)32)28(36)20(3)39-30-33-26-7-5-6-8-27(26)35(30)22-9-13-23(37-4)14-10-22/h5-17,20,29H,1-4H3/t20-/m0/s1. The van der Waals surface area contributed by atoms with Gasteiger partial charge in [0.25, 0.3) is 0 Å². The number of carbonyl (C=O) groups is 1. The molecule has 0 unspecified atom stereocenters. The minimum absolute atomic E-state index is 0.0228. The number of fused-ring (bicyclic) bond motifs is 1. The molecular formula is C30H27F2N3O3S. The zero-order chi connectivity index (χ0) is 27.7. The fraction of sp³-hybridized carbons (Fsp3) is 0.200. The van der Waals surface area contributed by atoms with E-state index in [1.165, 1.54) is 23.9 Å². The van der Waals surface area contributed by atoms with Gasteiger partial charge in [0, 0.05) is 28.3 Å². The highest BCUT2D eigenvalue weighted by atomic mass is 32.2. The Morgan fingerprint density at radius 3 is 2.15 bits per heavy atom. The number of thioether (sulfide) groups is 1. The Bertz CT molecular complexity index is 1630. The molecule has 0 saturated heterocycles. The second-order valence-electron chi connectivity index (χ2n) is 9.03. The third-order valence-electron chi connectivity index (χ3n) is 6.53. The van der Waals surface area contributed by atoms with Crippen molar-refractivity contribution >= 4 is 28.6 Å². The second-order valence-corrected chi connectivity index (χ2v) is 10.3. The van der Waals surface area contributed by atoms with Gasteiger partial charge in [0.15, 0.2) is 10.9 Å². The Morgan fingerprint density at radius 1 is 0.897 bits per heavy atom. The molecule has 0 aliphatic heterocycles. The Balaban J connectivity index is 1.44. The summed E-state index contributed by atoms with van der Waals surface area (Å²) in [6.45, 7) is 2.79. The summed E-state index contributed by atoms with van der Waals surface area (Å²) in [5, 5.41) is 0.292. The molecule has 6 nitrogen and oxygen atoms in total. The van der Waals surface area contributed by atoms with E-state index in [4.69, 9.17) is 9.72 Å². The molecule has 0 N–H and O–H groups in total. The van der Waals surface area contributed by atoms with Gasteiger partial charge < -0.3 is 14.0 Å². The van der Waals surface area contributed by atoms with E-state index < -0.39 is 11.9 Å². The average Bonchev–Trinajstić information content (AvgIpc) is 3.44. The maximum absolute atomic E-state index is 13.7. The summed E-state index contributed by atoms with van der Waals surface area (Å²) in [5.74, 6) is 0.815. The zero-order valence-corrected chi connectivity index (χ0v) is 22.7. The number of hydrogen-bond acceptors (Lipinski definition) is 5. The SMILES string of the molecule is COc1ccc(-n2c(S[C@@H](C)C(=O)c3cc(C)n(-c4ccc(OC(F)F)cc4)c3C)nc3ccccc32)cc1. The van der Waals surface area contributed by atoms with Crippen LogP contribution in [0.25, 0.3) is 22.4 Å². The first kappa shape index (κ1) is 26.5. The number of Topliss-reactive ketones (excluding diaryl/α,β-unsaturated/α-hetero) is 1. The summed E-state index contributed by atoms with van der Waals surface area (Å²) in [4.78, 5) is 18.5. The third kappa shape index (κ3) is 5.27. The molecule has 0 saturated carbocycles. The zero-order valence-electron chi connectivity index (χ0n) is 21.9. The van der Waals surface area contributed by atoms with Crippen molar-refractivity contribution in [2.24, 2.45) is 0 Å². The molecule has 1 atom stereocenters. The van der Waals surface area contributed by atoms with E-state index >= 15 is 0 Å². The van der Waals surface area contributed by atoms with Gasteiger partial charge in [-0.05, 0) is 87.5 Å². The first-order valence-electron chi connectivity index (χ1n) is 12.3. The largest absolute Gasteiger partial charge is 0.497 e. The van der Waals surface area contributed by atoms with Crippen LogP contribution in [0.2, 0.25) is 0 Å². The molecule has 200 valence electrons. The van der Waals surface area contributed by atoms with Crippen LogP contribution in [0.3, 0.4) is 0 Å². The van der Waals surface area contributed by atoms with E-state index in [2.05, 4.69) is 9.30 Å². The number of ether oxygens (including phenoxy) is 2. The highest BCUT2D eigenvalue weighted by molar-refractivity contribution is 8.00. The van der Waals surface area contributed by atoms with Crippen LogP contribution in [0.1, 0.15) is 28.7 Å². The summed E-state index contributed by atoms with van der Waals surface area (Å²) < 4.78 is 38.8. The number of benzene rings is 3. The number of nitrogens with zero attached hydrogens (tertiary/aromatic N) is 3. The minimum atomic E-state index is -2.88. The number of rotatable bonds is 9. The summed E-state index contributed by atoms with van der Waals surface area (Å²) in [5.41, 5.74) is 5.70. The molecular weight excluding hydrogens is 520 g/mol. The van der Waals surface area contributed by atoms with Crippen molar-refractivity contribution in [3.05, 3.63) is 95.8 Å². The number of aromatic nitrogens is 3. The van der Waals surface area contributed by atoms with Gasteiger partial charge in [-0.1, -0.05) is 23.9 Å². The lowest BCUT2D eigenvalue weighted by Gasteiger charge is -2.14. The number of para-hydroxylation sites is 2.